The predicted molar refractivity (Wildman–Crippen MR) is 66.4 cm³/mol. The van der Waals surface area contributed by atoms with Gasteiger partial charge >= 0.3 is 0 Å². The van der Waals surface area contributed by atoms with E-state index in [0.29, 0.717) is 6.54 Å². The average molecular weight is 248 g/mol. The fraction of sp³-hybridized carbons (Fsp3) is 0.214. The normalized spacial score (nSPS) is 12.4. The van der Waals surface area contributed by atoms with Gasteiger partial charge < -0.3 is 5.32 Å². The molecule has 0 radical (unpaired) electrons. The third-order valence-corrected chi connectivity index (χ3v) is 2.86. The second kappa shape index (κ2) is 5.69. The van der Waals surface area contributed by atoms with Crippen molar-refractivity contribution in [3.05, 3.63) is 65.5 Å². The minimum absolute atomic E-state index is 0.0203. The van der Waals surface area contributed by atoms with Crippen LogP contribution in [0.4, 0.5) is 8.78 Å². The highest BCUT2D eigenvalue weighted by molar-refractivity contribution is 5.32. The average Bonchev–Trinajstić information content (AvgIpc) is 2.40. The molecule has 2 nitrogen and oxygen atoms in total. The first-order chi connectivity index (χ1) is 8.72. The van der Waals surface area contributed by atoms with Crippen LogP contribution in [-0.4, -0.2) is 18.6 Å². The van der Waals surface area contributed by atoms with Crippen LogP contribution in [0, 0.1) is 11.6 Å². The third-order valence-electron chi connectivity index (χ3n) is 2.86. The van der Waals surface area contributed by atoms with Gasteiger partial charge in [0.05, 0.1) is 0 Å². The van der Waals surface area contributed by atoms with E-state index in [2.05, 4.69) is 10.3 Å². The van der Waals surface area contributed by atoms with E-state index in [0.717, 1.165) is 17.2 Å². The van der Waals surface area contributed by atoms with Crippen LogP contribution in [0.15, 0.2) is 42.7 Å². The van der Waals surface area contributed by atoms with Crippen LogP contribution >= 0.6 is 0 Å². The summed E-state index contributed by atoms with van der Waals surface area (Å²) in [6.45, 7) is 0.648. The molecule has 0 saturated carbocycles. The maximum absolute atomic E-state index is 13.3. The van der Waals surface area contributed by atoms with Gasteiger partial charge in [0.15, 0.2) is 11.6 Å². The lowest BCUT2D eigenvalue weighted by atomic mass is 9.92. The molecule has 0 spiro atoms. The molecule has 1 heterocycles. The maximum atomic E-state index is 13.3. The van der Waals surface area contributed by atoms with E-state index >= 15 is 0 Å². The standard InChI is InChI=1S/C14H14F2N2/c1-17-9-12(10-4-6-18-7-5-10)11-2-3-13(15)14(16)8-11/h2-8,12,17H,9H2,1H3. The van der Waals surface area contributed by atoms with E-state index in [1.165, 1.54) is 6.07 Å². The monoisotopic (exact) mass is 248 g/mol. The molecule has 0 aliphatic heterocycles. The molecule has 0 bridgehead atoms. The van der Waals surface area contributed by atoms with Crippen molar-refractivity contribution in [3.63, 3.8) is 0 Å². The highest BCUT2D eigenvalue weighted by Crippen LogP contribution is 2.24. The number of aromatic nitrogens is 1. The molecule has 2 rings (SSSR count). The first kappa shape index (κ1) is 12.6. The Balaban J connectivity index is 2.38. The van der Waals surface area contributed by atoms with Gasteiger partial charge in [-0.3, -0.25) is 4.98 Å². The number of pyridine rings is 1. The van der Waals surface area contributed by atoms with Crippen molar-refractivity contribution in [1.29, 1.82) is 0 Å². The number of nitrogens with zero attached hydrogens (tertiary/aromatic N) is 1. The molecule has 1 atom stereocenters. The van der Waals surface area contributed by atoms with Gasteiger partial charge in [-0.05, 0) is 42.4 Å². The Kier molecular flexibility index (Phi) is 3.99. The summed E-state index contributed by atoms with van der Waals surface area (Å²) in [7, 11) is 1.83. The van der Waals surface area contributed by atoms with Crippen LogP contribution in [0.5, 0.6) is 0 Å². The van der Waals surface area contributed by atoms with Gasteiger partial charge in [0.25, 0.3) is 0 Å². The first-order valence-corrected chi connectivity index (χ1v) is 5.72. The predicted octanol–water partition coefficient (Wildman–Crippen LogP) is 2.71. The van der Waals surface area contributed by atoms with Crippen molar-refractivity contribution < 1.29 is 8.78 Å². The number of rotatable bonds is 4. The van der Waals surface area contributed by atoms with E-state index in [1.807, 2.05) is 19.2 Å². The Morgan fingerprint density at radius 1 is 1.06 bits per heavy atom. The van der Waals surface area contributed by atoms with E-state index in [9.17, 15) is 8.78 Å². The molecule has 0 saturated heterocycles. The smallest absolute Gasteiger partial charge is 0.159 e. The van der Waals surface area contributed by atoms with Crippen molar-refractivity contribution in [3.8, 4) is 0 Å². The van der Waals surface area contributed by atoms with Crippen molar-refractivity contribution >= 4 is 0 Å². The van der Waals surface area contributed by atoms with Gasteiger partial charge in [-0.1, -0.05) is 6.07 Å². The molecule has 0 aliphatic carbocycles. The van der Waals surface area contributed by atoms with Gasteiger partial charge in [-0.25, -0.2) is 8.78 Å². The Morgan fingerprint density at radius 2 is 1.78 bits per heavy atom. The molecule has 1 aromatic carbocycles. The molecule has 1 unspecified atom stereocenters. The number of hydrogen-bond donors (Lipinski definition) is 1. The number of halogens is 2. The lowest BCUT2D eigenvalue weighted by Gasteiger charge is -2.17. The van der Waals surface area contributed by atoms with Gasteiger partial charge in [0.2, 0.25) is 0 Å². The van der Waals surface area contributed by atoms with E-state index in [-0.39, 0.29) is 5.92 Å². The zero-order valence-corrected chi connectivity index (χ0v) is 10.0. The van der Waals surface area contributed by atoms with Crippen LogP contribution in [-0.2, 0) is 0 Å². The second-order valence-corrected chi connectivity index (χ2v) is 4.06. The minimum atomic E-state index is -0.823. The SMILES string of the molecule is CNCC(c1ccncc1)c1ccc(F)c(F)c1. The molecule has 1 N–H and O–H groups in total. The summed E-state index contributed by atoms with van der Waals surface area (Å²) >= 11 is 0. The molecule has 18 heavy (non-hydrogen) atoms. The zero-order chi connectivity index (χ0) is 13.0. The minimum Gasteiger partial charge on any atom is -0.319 e. The van der Waals surface area contributed by atoms with E-state index in [1.54, 1.807) is 18.5 Å². The second-order valence-electron chi connectivity index (χ2n) is 4.06. The molecule has 0 fully saturated rings. The molecule has 1 aromatic heterocycles. The van der Waals surface area contributed by atoms with Crippen molar-refractivity contribution in [1.82, 2.24) is 10.3 Å². The summed E-state index contributed by atoms with van der Waals surface area (Å²) in [5.74, 6) is -1.66. The molecule has 94 valence electrons. The topological polar surface area (TPSA) is 24.9 Å². The summed E-state index contributed by atoms with van der Waals surface area (Å²) in [6, 6.07) is 7.78. The number of benzene rings is 1. The fourth-order valence-electron chi connectivity index (χ4n) is 1.96. The van der Waals surface area contributed by atoms with Gasteiger partial charge in [-0.2, -0.15) is 0 Å². The largest absolute Gasteiger partial charge is 0.319 e. The van der Waals surface area contributed by atoms with Crippen LogP contribution in [0.3, 0.4) is 0 Å². The molecule has 2 aromatic rings. The number of likely N-dealkylation sites (N-methyl/N-ethyl adjacent to an activating group) is 1. The van der Waals surface area contributed by atoms with Crippen molar-refractivity contribution in [2.75, 3.05) is 13.6 Å². The Bertz CT molecular complexity index is 514. The van der Waals surface area contributed by atoms with Gasteiger partial charge in [-0.15, -0.1) is 0 Å². The molecule has 0 aliphatic rings. The van der Waals surface area contributed by atoms with E-state index in [4.69, 9.17) is 0 Å². The van der Waals surface area contributed by atoms with Crippen LogP contribution in [0.25, 0.3) is 0 Å². The lowest BCUT2D eigenvalue weighted by molar-refractivity contribution is 0.505. The van der Waals surface area contributed by atoms with E-state index < -0.39 is 11.6 Å². The van der Waals surface area contributed by atoms with Crippen LogP contribution in [0.2, 0.25) is 0 Å². The maximum Gasteiger partial charge on any atom is 0.159 e. The molecular weight excluding hydrogens is 234 g/mol. The Morgan fingerprint density at radius 3 is 2.39 bits per heavy atom. The highest BCUT2D eigenvalue weighted by Gasteiger charge is 2.15. The van der Waals surface area contributed by atoms with Crippen LogP contribution in [0.1, 0.15) is 17.0 Å². The summed E-state index contributed by atoms with van der Waals surface area (Å²) in [6.07, 6.45) is 3.38. The van der Waals surface area contributed by atoms with Crippen molar-refractivity contribution in [2.24, 2.45) is 0 Å². The summed E-state index contributed by atoms with van der Waals surface area (Å²) in [5.41, 5.74) is 1.76. The first-order valence-electron chi connectivity index (χ1n) is 5.72. The Hall–Kier alpha value is -1.81. The van der Waals surface area contributed by atoms with Crippen molar-refractivity contribution in [2.45, 2.75) is 5.92 Å². The highest BCUT2D eigenvalue weighted by atomic mass is 19.2. The van der Waals surface area contributed by atoms with Gasteiger partial charge in [0.1, 0.15) is 0 Å². The lowest BCUT2D eigenvalue weighted by Crippen LogP contribution is -2.18. The van der Waals surface area contributed by atoms with Crippen LogP contribution < -0.4 is 5.32 Å². The third kappa shape index (κ3) is 2.71. The number of nitrogens with one attached hydrogen (secondary N) is 1. The quantitative estimate of drug-likeness (QED) is 0.899. The number of hydrogen-bond acceptors (Lipinski definition) is 2. The molecular formula is C14H14F2N2. The summed E-state index contributed by atoms with van der Waals surface area (Å²) < 4.78 is 26.2. The van der Waals surface area contributed by atoms with Gasteiger partial charge in [0, 0.05) is 24.9 Å². The fourth-order valence-corrected chi connectivity index (χ4v) is 1.96. The molecule has 4 heteroatoms. The Labute approximate surface area is 105 Å². The zero-order valence-electron chi connectivity index (χ0n) is 10.0. The summed E-state index contributed by atoms with van der Waals surface area (Å²) in [4.78, 5) is 3.96. The molecule has 0 amide bonds. The summed E-state index contributed by atoms with van der Waals surface area (Å²) in [5, 5.41) is 3.06.